The lowest BCUT2D eigenvalue weighted by atomic mass is 9.93. The van der Waals surface area contributed by atoms with E-state index in [0.29, 0.717) is 30.0 Å². The minimum Gasteiger partial charge on any atom is -0.492 e. The number of thiazole rings is 1. The lowest BCUT2D eigenvalue weighted by Crippen LogP contribution is -3.13. The van der Waals surface area contributed by atoms with Crippen LogP contribution in [0.1, 0.15) is 42.1 Å². The molecule has 9 heteroatoms. The highest BCUT2D eigenvalue weighted by molar-refractivity contribution is 7.17. The molecule has 1 fully saturated rings. The van der Waals surface area contributed by atoms with Crippen molar-refractivity contribution < 1.29 is 23.9 Å². The van der Waals surface area contributed by atoms with E-state index >= 15 is 0 Å². The van der Waals surface area contributed by atoms with Crippen LogP contribution in [0.25, 0.3) is 4.96 Å². The Morgan fingerprint density at radius 2 is 2.07 bits per heavy atom. The van der Waals surface area contributed by atoms with Gasteiger partial charge in [0.25, 0.3) is 0 Å². The average Bonchev–Trinajstić information content (AvgIpc) is 3.29. The molecule has 0 spiro atoms. The van der Waals surface area contributed by atoms with Gasteiger partial charge in [-0.1, -0.05) is 18.3 Å². The maximum atomic E-state index is 13.5. The summed E-state index contributed by atoms with van der Waals surface area (Å²) in [5.41, 5.74) is 0.911. The van der Waals surface area contributed by atoms with Gasteiger partial charge in [-0.3, -0.25) is 4.79 Å². The van der Waals surface area contributed by atoms with Crippen molar-refractivity contribution in [3.8, 4) is 5.88 Å². The molecule has 0 aliphatic carbocycles. The molecule has 0 amide bonds. The number of fused-ring (bicyclic) bond motifs is 1. The molecule has 0 unspecified atom stereocenters. The number of carbonyl (C=O) groups excluding carboxylic acids is 1. The van der Waals surface area contributed by atoms with Crippen molar-refractivity contribution in [2.75, 3.05) is 20.2 Å². The third kappa shape index (κ3) is 3.72. The number of quaternary nitrogens is 1. The molecule has 0 saturated carbocycles. The molecule has 0 bridgehead atoms. The number of aromatic nitrogens is 3. The number of aryl methyl sites for hydroxylation is 1. The Kier molecular flexibility index (Phi) is 5.51. The summed E-state index contributed by atoms with van der Waals surface area (Å²) < 4.78 is 19.9. The lowest BCUT2D eigenvalue weighted by Gasteiger charge is -2.33. The number of ether oxygens (including phenoxy) is 1. The van der Waals surface area contributed by atoms with Crippen LogP contribution in [0.2, 0.25) is 0 Å². The van der Waals surface area contributed by atoms with E-state index in [1.54, 1.807) is 12.1 Å². The smallest absolute Gasteiger partial charge is 0.309 e. The number of carbonyl (C=O) groups is 1. The molecule has 1 aliphatic heterocycles. The van der Waals surface area contributed by atoms with Crippen LogP contribution in [-0.2, 0) is 16.0 Å². The summed E-state index contributed by atoms with van der Waals surface area (Å²) in [4.78, 5) is 19.0. The molecule has 3 heterocycles. The molecule has 4 rings (SSSR count). The molecular weight excluding hydrogens is 395 g/mol. The monoisotopic (exact) mass is 419 g/mol. The summed E-state index contributed by atoms with van der Waals surface area (Å²) in [6.45, 7) is 3.46. The number of aromatic hydroxyl groups is 1. The third-order valence-corrected chi connectivity index (χ3v) is 6.68. The van der Waals surface area contributed by atoms with Crippen molar-refractivity contribution in [1.29, 1.82) is 0 Å². The van der Waals surface area contributed by atoms with Gasteiger partial charge in [-0.15, -0.1) is 5.10 Å². The average molecular weight is 420 g/mol. The normalized spacial score (nSPS) is 20.7. The predicted octanol–water partition coefficient (Wildman–Crippen LogP) is 1.76. The largest absolute Gasteiger partial charge is 0.492 e. The molecule has 7 nitrogen and oxygen atoms in total. The molecular formula is C20H24FN4O3S+. The van der Waals surface area contributed by atoms with Gasteiger partial charge >= 0.3 is 5.97 Å². The first-order valence-corrected chi connectivity index (χ1v) is 10.6. The zero-order valence-electron chi connectivity index (χ0n) is 16.4. The fraction of sp³-hybridized carbons (Fsp3) is 0.450. The standard InChI is InChI=1S/C20H23FN4O3S/c1-3-15-22-20-25(23-15)18(26)17(29-20)16(12-4-6-14(21)7-5-12)24-10-8-13(9-11-24)19(27)28-2/h4-7,13,16,26H,3,8-11H2,1-2H3/p+1/t16-/m1/s1. The first-order valence-electron chi connectivity index (χ1n) is 9.77. The highest BCUT2D eigenvalue weighted by Gasteiger charge is 2.37. The van der Waals surface area contributed by atoms with Crippen LogP contribution in [0, 0.1) is 11.7 Å². The maximum Gasteiger partial charge on any atom is 0.309 e. The summed E-state index contributed by atoms with van der Waals surface area (Å²) in [6.07, 6.45) is 2.11. The number of hydrogen-bond donors (Lipinski definition) is 2. The van der Waals surface area contributed by atoms with Crippen LogP contribution in [0.15, 0.2) is 24.3 Å². The van der Waals surface area contributed by atoms with E-state index in [1.165, 1.54) is 40.0 Å². The van der Waals surface area contributed by atoms with Gasteiger partial charge in [0.2, 0.25) is 10.8 Å². The minimum atomic E-state index is -0.300. The molecule has 1 saturated heterocycles. The molecule has 154 valence electrons. The fourth-order valence-electron chi connectivity index (χ4n) is 4.04. The number of methoxy groups -OCH3 is 1. The Bertz CT molecular complexity index is 1010. The van der Waals surface area contributed by atoms with Crippen molar-refractivity contribution in [2.45, 2.75) is 32.2 Å². The van der Waals surface area contributed by atoms with Crippen molar-refractivity contribution in [3.63, 3.8) is 0 Å². The molecule has 3 aromatic rings. The van der Waals surface area contributed by atoms with Crippen molar-refractivity contribution in [1.82, 2.24) is 14.6 Å². The highest BCUT2D eigenvalue weighted by Crippen LogP contribution is 2.35. The summed E-state index contributed by atoms with van der Waals surface area (Å²) in [5.74, 6) is 0.194. The Morgan fingerprint density at radius 3 is 2.66 bits per heavy atom. The van der Waals surface area contributed by atoms with Gasteiger partial charge in [0, 0.05) is 24.8 Å². The summed E-state index contributed by atoms with van der Waals surface area (Å²) in [5, 5.41) is 15.3. The fourth-order valence-corrected chi connectivity index (χ4v) is 5.20. The minimum absolute atomic E-state index is 0.0779. The van der Waals surface area contributed by atoms with E-state index in [-0.39, 0.29) is 29.6 Å². The second kappa shape index (κ2) is 8.08. The lowest BCUT2D eigenvalue weighted by molar-refractivity contribution is -0.930. The van der Waals surface area contributed by atoms with Crippen LogP contribution in [0.5, 0.6) is 5.88 Å². The first-order chi connectivity index (χ1) is 14.0. The van der Waals surface area contributed by atoms with E-state index < -0.39 is 0 Å². The summed E-state index contributed by atoms with van der Waals surface area (Å²) >= 11 is 1.41. The number of benzene rings is 1. The zero-order chi connectivity index (χ0) is 20.5. The van der Waals surface area contributed by atoms with E-state index in [0.717, 1.165) is 23.5 Å². The van der Waals surface area contributed by atoms with Gasteiger partial charge < -0.3 is 14.7 Å². The molecule has 2 aromatic heterocycles. The van der Waals surface area contributed by atoms with Gasteiger partial charge in [0.05, 0.1) is 26.1 Å². The quantitative estimate of drug-likeness (QED) is 0.616. The molecule has 2 N–H and O–H groups in total. The molecule has 29 heavy (non-hydrogen) atoms. The second-order valence-corrected chi connectivity index (χ2v) is 8.32. The number of likely N-dealkylation sites (tertiary alicyclic amines) is 1. The number of halogens is 1. The van der Waals surface area contributed by atoms with E-state index in [4.69, 9.17) is 4.74 Å². The van der Waals surface area contributed by atoms with Gasteiger partial charge in [-0.05, 0) is 24.3 Å². The van der Waals surface area contributed by atoms with Crippen molar-refractivity contribution >= 4 is 22.3 Å². The number of nitrogens with zero attached hydrogens (tertiary/aromatic N) is 3. The topological polar surface area (TPSA) is 81.2 Å². The molecule has 1 atom stereocenters. The Morgan fingerprint density at radius 1 is 1.38 bits per heavy atom. The summed E-state index contributed by atoms with van der Waals surface area (Å²) in [7, 11) is 1.42. The van der Waals surface area contributed by atoms with Gasteiger partial charge in [0.15, 0.2) is 11.9 Å². The highest BCUT2D eigenvalue weighted by atomic mass is 32.1. The van der Waals surface area contributed by atoms with Crippen LogP contribution in [0.4, 0.5) is 4.39 Å². The van der Waals surface area contributed by atoms with Crippen LogP contribution in [0.3, 0.4) is 0 Å². The number of esters is 1. The SMILES string of the molecule is CCc1nc2sc([C@@H](c3ccc(F)cc3)[NH+]3CCC(C(=O)OC)CC3)c(O)n2n1. The third-order valence-electron chi connectivity index (χ3n) is 5.60. The van der Waals surface area contributed by atoms with E-state index in [9.17, 15) is 14.3 Å². The Hall–Kier alpha value is -2.52. The first kappa shape index (κ1) is 19.8. The maximum absolute atomic E-state index is 13.5. The number of piperidine rings is 1. The van der Waals surface area contributed by atoms with E-state index in [1.807, 2.05) is 6.92 Å². The summed E-state index contributed by atoms with van der Waals surface area (Å²) in [6, 6.07) is 6.20. The zero-order valence-corrected chi connectivity index (χ0v) is 17.2. The van der Waals surface area contributed by atoms with Gasteiger partial charge in [-0.2, -0.15) is 4.52 Å². The second-order valence-electron chi connectivity index (χ2n) is 7.31. The molecule has 0 radical (unpaired) electrons. The van der Waals surface area contributed by atoms with Crippen molar-refractivity contribution in [3.05, 3.63) is 46.3 Å². The predicted molar refractivity (Wildman–Crippen MR) is 106 cm³/mol. The van der Waals surface area contributed by atoms with Gasteiger partial charge in [0.1, 0.15) is 10.7 Å². The number of rotatable bonds is 5. The Labute approximate surface area is 171 Å². The van der Waals surface area contributed by atoms with Crippen molar-refractivity contribution in [2.24, 2.45) is 5.92 Å². The number of hydrogen-bond acceptors (Lipinski definition) is 6. The number of nitrogens with one attached hydrogen (secondary N) is 1. The molecule has 1 aliphatic rings. The van der Waals surface area contributed by atoms with Crippen LogP contribution in [-0.4, -0.2) is 45.9 Å². The van der Waals surface area contributed by atoms with Crippen LogP contribution < -0.4 is 4.90 Å². The van der Waals surface area contributed by atoms with Crippen LogP contribution >= 0.6 is 11.3 Å². The van der Waals surface area contributed by atoms with Gasteiger partial charge in [-0.25, -0.2) is 9.37 Å². The Balaban J connectivity index is 1.70. The van der Waals surface area contributed by atoms with E-state index in [2.05, 4.69) is 10.1 Å². The molecule has 1 aromatic carbocycles.